The lowest BCUT2D eigenvalue weighted by Gasteiger charge is -2.28. The molecule has 1 aliphatic heterocycles. The molecule has 0 unspecified atom stereocenters. The molecule has 0 saturated carbocycles. The second-order valence-corrected chi connectivity index (χ2v) is 9.31. The molecule has 1 aliphatic rings. The standard InChI is InChI=1S/C26H28N8/c1-33(2)16-17-12-18(15-27-14-17)20-6-7-22-24(30-20)25(32-31-22)23-13-19-21(29-23)8-9-28-26(19)34-10-4-3-5-11-34/h6-9,12-15,29H,3-5,10-11,16H2,1-2H3,(H,31,32). The van der Waals surface area contributed by atoms with Crippen LogP contribution in [-0.4, -0.2) is 62.2 Å². The lowest BCUT2D eigenvalue weighted by Crippen LogP contribution is -2.30. The van der Waals surface area contributed by atoms with Gasteiger partial charge in [0.15, 0.2) is 0 Å². The number of aromatic nitrogens is 6. The molecule has 0 bridgehead atoms. The second-order valence-electron chi connectivity index (χ2n) is 9.31. The zero-order valence-corrected chi connectivity index (χ0v) is 19.5. The van der Waals surface area contributed by atoms with Gasteiger partial charge in [0.1, 0.15) is 17.0 Å². The van der Waals surface area contributed by atoms with Crippen LogP contribution < -0.4 is 4.90 Å². The molecule has 34 heavy (non-hydrogen) atoms. The van der Waals surface area contributed by atoms with Gasteiger partial charge in [-0.15, -0.1) is 0 Å². The topological polar surface area (TPSA) is 89.6 Å². The van der Waals surface area contributed by atoms with Crippen molar-refractivity contribution in [2.75, 3.05) is 32.1 Å². The number of H-pyrrole nitrogens is 2. The van der Waals surface area contributed by atoms with Gasteiger partial charge in [-0.25, -0.2) is 9.97 Å². The van der Waals surface area contributed by atoms with E-state index in [1.54, 1.807) is 0 Å². The Bertz CT molecular complexity index is 1460. The predicted molar refractivity (Wildman–Crippen MR) is 136 cm³/mol. The SMILES string of the molecule is CN(C)Cc1cncc(-c2ccc3[nH]nc(-c4cc5c(N6CCCCC6)nccc5[nH]4)c3n2)c1. The van der Waals surface area contributed by atoms with Crippen LogP contribution in [0, 0.1) is 0 Å². The average Bonchev–Trinajstić information content (AvgIpc) is 3.48. The van der Waals surface area contributed by atoms with Crippen molar-refractivity contribution in [1.29, 1.82) is 0 Å². The number of pyridine rings is 3. The van der Waals surface area contributed by atoms with Crippen LogP contribution in [-0.2, 0) is 6.54 Å². The summed E-state index contributed by atoms with van der Waals surface area (Å²) in [7, 11) is 4.11. The van der Waals surface area contributed by atoms with E-state index in [1.165, 1.54) is 19.3 Å². The van der Waals surface area contributed by atoms with Crippen molar-refractivity contribution in [3.63, 3.8) is 0 Å². The van der Waals surface area contributed by atoms with Gasteiger partial charge in [0, 0.05) is 49.2 Å². The van der Waals surface area contributed by atoms with Gasteiger partial charge in [-0.1, -0.05) is 0 Å². The van der Waals surface area contributed by atoms with Crippen molar-refractivity contribution in [2.45, 2.75) is 25.8 Å². The van der Waals surface area contributed by atoms with Crippen molar-refractivity contribution >= 4 is 27.8 Å². The first-order valence-corrected chi connectivity index (χ1v) is 11.8. The minimum absolute atomic E-state index is 0.815. The van der Waals surface area contributed by atoms with Crippen LogP contribution >= 0.6 is 0 Å². The molecule has 0 aliphatic carbocycles. The molecule has 8 heteroatoms. The lowest BCUT2D eigenvalue weighted by atomic mass is 10.1. The molecule has 5 aromatic rings. The molecule has 8 nitrogen and oxygen atoms in total. The van der Waals surface area contributed by atoms with E-state index in [0.717, 1.165) is 75.6 Å². The van der Waals surface area contributed by atoms with Gasteiger partial charge >= 0.3 is 0 Å². The molecule has 6 rings (SSSR count). The summed E-state index contributed by atoms with van der Waals surface area (Å²) in [6.07, 6.45) is 9.40. The highest BCUT2D eigenvalue weighted by molar-refractivity contribution is 5.98. The number of hydrogen-bond donors (Lipinski definition) is 2. The molecule has 0 amide bonds. The fraction of sp³-hybridized carbons (Fsp3) is 0.308. The Morgan fingerprint density at radius 3 is 2.74 bits per heavy atom. The summed E-state index contributed by atoms with van der Waals surface area (Å²) in [5, 5.41) is 8.90. The van der Waals surface area contributed by atoms with Crippen LogP contribution in [0.5, 0.6) is 0 Å². The predicted octanol–water partition coefficient (Wildman–Crippen LogP) is 4.62. The number of nitrogens with one attached hydrogen (secondary N) is 2. The highest BCUT2D eigenvalue weighted by Gasteiger charge is 2.19. The number of anilines is 1. The van der Waals surface area contributed by atoms with Gasteiger partial charge in [0.2, 0.25) is 0 Å². The summed E-state index contributed by atoms with van der Waals surface area (Å²) in [5.41, 5.74) is 7.62. The third-order valence-corrected chi connectivity index (χ3v) is 6.43. The van der Waals surface area contributed by atoms with Crippen LogP contribution in [0.1, 0.15) is 24.8 Å². The Kier molecular flexibility index (Phi) is 5.22. The van der Waals surface area contributed by atoms with E-state index < -0.39 is 0 Å². The summed E-state index contributed by atoms with van der Waals surface area (Å²) in [6, 6.07) is 10.4. The van der Waals surface area contributed by atoms with Crippen molar-refractivity contribution in [3.8, 4) is 22.6 Å². The maximum Gasteiger partial charge on any atom is 0.137 e. The maximum atomic E-state index is 4.99. The Morgan fingerprint density at radius 2 is 1.88 bits per heavy atom. The lowest BCUT2D eigenvalue weighted by molar-refractivity contribution is 0.402. The zero-order chi connectivity index (χ0) is 23.1. The third kappa shape index (κ3) is 3.80. The number of hydrogen-bond acceptors (Lipinski definition) is 6. The summed E-state index contributed by atoms with van der Waals surface area (Å²) < 4.78 is 0. The van der Waals surface area contributed by atoms with E-state index in [-0.39, 0.29) is 0 Å². The maximum absolute atomic E-state index is 4.99. The number of aromatic amines is 2. The highest BCUT2D eigenvalue weighted by atomic mass is 15.2. The molecule has 1 fully saturated rings. The first-order chi connectivity index (χ1) is 16.7. The van der Waals surface area contributed by atoms with Gasteiger partial charge in [0.25, 0.3) is 0 Å². The molecule has 1 saturated heterocycles. The summed E-state index contributed by atoms with van der Waals surface area (Å²) >= 11 is 0. The van der Waals surface area contributed by atoms with E-state index in [2.05, 4.69) is 56.2 Å². The highest BCUT2D eigenvalue weighted by Crippen LogP contribution is 2.33. The van der Waals surface area contributed by atoms with Crippen LogP contribution in [0.25, 0.3) is 44.6 Å². The van der Waals surface area contributed by atoms with Gasteiger partial charge < -0.3 is 14.8 Å². The molecular formula is C26H28N8. The second kappa shape index (κ2) is 8.53. The van der Waals surface area contributed by atoms with Crippen molar-refractivity contribution in [3.05, 3.63) is 54.5 Å². The molecule has 5 aromatic heterocycles. The average molecular weight is 453 g/mol. The molecular weight excluding hydrogens is 424 g/mol. The van der Waals surface area contributed by atoms with Crippen LogP contribution in [0.15, 0.2) is 48.9 Å². The van der Waals surface area contributed by atoms with E-state index in [0.29, 0.717) is 0 Å². The quantitative estimate of drug-likeness (QED) is 0.405. The number of rotatable bonds is 5. The minimum atomic E-state index is 0.815. The van der Waals surface area contributed by atoms with E-state index in [1.807, 2.05) is 36.8 Å². The fourth-order valence-electron chi connectivity index (χ4n) is 4.85. The largest absolute Gasteiger partial charge is 0.356 e. The summed E-state index contributed by atoms with van der Waals surface area (Å²) in [5.74, 6) is 1.05. The Labute approximate surface area is 198 Å². The Morgan fingerprint density at radius 1 is 1.00 bits per heavy atom. The number of fused-ring (bicyclic) bond motifs is 2. The van der Waals surface area contributed by atoms with E-state index in [4.69, 9.17) is 9.97 Å². The van der Waals surface area contributed by atoms with Gasteiger partial charge in [-0.3, -0.25) is 10.1 Å². The van der Waals surface area contributed by atoms with Crippen LogP contribution in [0.2, 0.25) is 0 Å². The fourth-order valence-corrected chi connectivity index (χ4v) is 4.85. The van der Waals surface area contributed by atoms with Gasteiger partial charge in [-0.05, 0) is 69.3 Å². The van der Waals surface area contributed by atoms with Crippen molar-refractivity contribution < 1.29 is 0 Å². The smallest absolute Gasteiger partial charge is 0.137 e. The molecule has 6 heterocycles. The minimum Gasteiger partial charge on any atom is -0.356 e. The van der Waals surface area contributed by atoms with Crippen molar-refractivity contribution in [2.24, 2.45) is 0 Å². The van der Waals surface area contributed by atoms with Crippen LogP contribution in [0.3, 0.4) is 0 Å². The summed E-state index contributed by atoms with van der Waals surface area (Å²) in [4.78, 5) is 22.2. The molecule has 0 atom stereocenters. The van der Waals surface area contributed by atoms with Gasteiger partial charge in [-0.2, -0.15) is 5.10 Å². The van der Waals surface area contributed by atoms with Crippen LogP contribution in [0.4, 0.5) is 5.82 Å². The molecule has 0 radical (unpaired) electrons. The monoisotopic (exact) mass is 452 g/mol. The molecule has 172 valence electrons. The number of piperidine rings is 1. The molecule has 0 spiro atoms. The Balaban J connectivity index is 1.41. The normalized spacial score (nSPS) is 14.5. The molecule has 2 N–H and O–H groups in total. The van der Waals surface area contributed by atoms with Gasteiger partial charge in [0.05, 0.1) is 22.4 Å². The Hall–Kier alpha value is -3.78. The number of nitrogens with zero attached hydrogens (tertiary/aromatic N) is 6. The zero-order valence-electron chi connectivity index (χ0n) is 19.5. The third-order valence-electron chi connectivity index (χ3n) is 6.43. The van der Waals surface area contributed by atoms with E-state index in [9.17, 15) is 0 Å². The summed E-state index contributed by atoms with van der Waals surface area (Å²) in [6.45, 7) is 2.95. The van der Waals surface area contributed by atoms with E-state index >= 15 is 0 Å². The first kappa shape index (κ1) is 20.8. The van der Waals surface area contributed by atoms with Crippen molar-refractivity contribution in [1.82, 2.24) is 35.0 Å². The first-order valence-electron chi connectivity index (χ1n) is 11.8. The molecule has 0 aromatic carbocycles.